The molecule has 3 saturated heterocycles. The van der Waals surface area contributed by atoms with E-state index in [-0.39, 0.29) is 0 Å². The van der Waals surface area contributed by atoms with Gasteiger partial charge in [0.15, 0.2) is 0 Å². The van der Waals surface area contributed by atoms with Crippen molar-refractivity contribution in [2.24, 2.45) is 0 Å². The quantitative estimate of drug-likeness (QED) is 0.187. The number of fused-ring (bicyclic) bond motifs is 6. The Morgan fingerprint density at radius 2 is 0.483 bits per heavy atom. The number of ether oxygens (including phenoxy) is 6. The Bertz CT molecular complexity index is 1940. The van der Waals surface area contributed by atoms with Gasteiger partial charge in [0.25, 0.3) is 0 Å². The molecular weight excluding hydrogens is 729 g/mol. The molecule has 5 aliphatic rings. The first-order chi connectivity index (χ1) is 28.6. The van der Waals surface area contributed by atoms with Gasteiger partial charge in [0, 0.05) is 22.3 Å². The first-order valence-electron chi connectivity index (χ1n) is 20.1. The second-order valence-corrected chi connectivity index (χ2v) is 14.4. The molecule has 2 aliphatic carbocycles. The lowest BCUT2D eigenvalue weighted by molar-refractivity contribution is -0.0334. The Morgan fingerprint density at radius 3 is 0.690 bits per heavy atom. The van der Waals surface area contributed by atoms with Crippen molar-refractivity contribution in [1.29, 1.82) is 0 Å². The van der Waals surface area contributed by atoms with Gasteiger partial charge < -0.3 is 38.6 Å². The van der Waals surface area contributed by atoms with Gasteiger partial charge in [-0.3, -0.25) is 0 Å². The van der Waals surface area contributed by atoms with Crippen LogP contribution in [0.25, 0.3) is 33.4 Å². The fourth-order valence-corrected chi connectivity index (χ4v) is 8.17. The molecular formula is C50H50O8. The summed E-state index contributed by atoms with van der Waals surface area (Å²) in [6.45, 7) is 9.33. The van der Waals surface area contributed by atoms with Gasteiger partial charge in [0.2, 0.25) is 0 Å². The molecule has 3 fully saturated rings. The second kappa shape index (κ2) is 18.7. The minimum absolute atomic E-state index is 0.778. The highest BCUT2D eigenvalue weighted by atomic mass is 16.6. The molecule has 58 heavy (non-hydrogen) atoms. The highest BCUT2D eigenvalue weighted by Crippen LogP contribution is 2.52. The van der Waals surface area contributed by atoms with Crippen LogP contribution >= 0.6 is 0 Å². The van der Waals surface area contributed by atoms with E-state index < -0.39 is 11.2 Å². The van der Waals surface area contributed by atoms with Crippen LogP contribution in [0.2, 0.25) is 0 Å². The van der Waals surface area contributed by atoms with Crippen molar-refractivity contribution in [2.75, 3.05) is 79.3 Å². The largest absolute Gasteiger partial charge is 0.377 e. The van der Waals surface area contributed by atoms with Gasteiger partial charge in [-0.25, -0.2) is 0 Å². The summed E-state index contributed by atoms with van der Waals surface area (Å²) < 4.78 is 29.7. The Morgan fingerprint density at radius 1 is 0.276 bits per heavy atom. The number of aliphatic hydroxyl groups is 2. The van der Waals surface area contributed by atoms with Crippen LogP contribution in [-0.4, -0.2) is 89.5 Å². The van der Waals surface area contributed by atoms with E-state index in [0.29, 0.717) is 0 Å². The third-order valence-corrected chi connectivity index (χ3v) is 11.0. The van der Waals surface area contributed by atoms with E-state index in [1.165, 1.54) is 0 Å². The monoisotopic (exact) mass is 778 g/mol. The van der Waals surface area contributed by atoms with E-state index in [9.17, 15) is 10.2 Å². The van der Waals surface area contributed by atoms with Crippen molar-refractivity contribution in [1.82, 2.24) is 0 Å². The Balaban J connectivity index is 0.000000214. The highest BCUT2D eigenvalue weighted by molar-refractivity contribution is 5.83. The minimum Gasteiger partial charge on any atom is -0.377 e. The average molecular weight is 779 g/mol. The molecule has 8 nitrogen and oxygen atoms in total. The first kappa shape index (κ1) is 39.8. The van der Waals surface area contributed by atoms with Gasteiger partial charge in [-0.05, 0) is 44.5 Å². The first-order valence-corrected chi connectivity index (χ1v) is 20.1. The molecule has 0 spiro atoms. The summed E-state index contributed by atoms with van der Waals surface area (Å²) in [5.41, 5.74) is 9.38. The van der Waals surface area contributed by atoms with Crippen LogP contribution in [0.4, 0.5) is 0 Å². The summed E-state index contributed by atoms with van der Waals surface area (Å²) in [7, 11) is 0. The predicted molar refractivity (Wildman–Crippen MR) is 225 cm³/mol. The molecule has 8 heteroatoms. The average Bonchev–Trinajstić information content (AvgIpc) is 3.75. The van der Waals surface area contributed by atoms with Crippen LogP contribution in [0, 0.1) is 0 Å². The summed E-state index contributed by atoms with van der Waals surface area (Å²) in [6, 6.07) is 48.8. The van der Waals surface area contributed by atoms with Crippen LogP contribution in [0.5, 0.6) is 0 Å². The molecule has 0 amide bonds. The van der Waals surface area contributed by atoms with Crippen molar-refractivity contribution in [3.63, 3.8) is 0 Å². The van der Waals surface area contributed by atoms with Crippen LogP contribution in [0.3, 0.4) is 0 Å². The number of hydrogen-bond donors (Lipinski definition) is 2. The maximum Gasteiger partial charge on any atom is 0.141 e. The molecule has 298 valence electrons. The van der Waals surface area contributed by atoms with E-state index in [2.05, 4.69) is 48.5 Å². The summed E-state index contributed by atoms with van der Waals surface area (Å²) in [5, 5.41) is 24.3. The summed E-state index contributed by atoms with van der Waals surface area (Å²) in [5.74, 6) is 0. The SMILES string of the molecule is C1COCCO1.C1COCCO1.C1COCCO1.OC1(c2ccc(-c3ccc(C4(O)c5ccccc5-c5ccccc54)cc3)cc2)c2ccccc2-c2ccccc21. The summed E-state index contributed by atoms with van der Waals surface area (Å²) >= 11 is 0. The van der Waals surface area contributed by atoms with Gasteiger partial charge in [-0.2, -0.15) is 0 Å². The van der Waals surface area contributed by atoms with Gasteiger partial charge in [0.05, 0.1) is 79.3 Å². The molecule has 0 unspecified atom stereocenters. The normalized spacial score (nSPS) is 17.9. The van der Waals surface area contributed by atoms with Gasteiger partial charge in [-0.15, -0.1) is 0 Å². The van der Waals surface area contributed by atoms with Crippen LogP contribution in [0.1, 0.15) is 33.4 Å². The standard InChI is InChI=1S/C38H26O2.3C4H8O2/c39-37(33-13-5-1-9-29(33)30-10-2-6-14-34(30)37)27-21-17-25(18-22-27)26-19-23-28(24-20-26)38(40)35-15-7-3-11-31(35)32-12-4-8-16-36(32)38;3*1-2-6-4-3-5-1/h1-24,39-40H;3*1-4H2. The lowest BCUT2D eigenvalue weighted by atomic mass is 9.83. The molecule has 0 saturated carbocycles. The van der Waals surface area contributed by atoms with Crippen molar-refractivity contribution < 1.29 is 38.6 Å². The predicted octanol–water partition coefficient (Wildman–Crippen LogP) is 7.98. The summed E-state index contributed by atoms with van der Waals surface area (Å²) in [4.78, 5) is 0. The maximum atomic E-state index is 12.1. The van der Waals surface area contributed by atoms with Crippen LogP contribution in [-0.2, 0) is 39.6 Å². The number of rotatable bonds is 3. The zero-order valence-corrected chi connectivity index (χ0v) is 32.7. The molecule has 0 bridgehead atoms. The van der Waals surface area contributed by atoms with E-state index >= 15 is 0 Å². The minimum atomic E-state index is -1.19. The molecule has 3 heterocycles. The Kier molecular flexibility index (Phi) is 12.8. The van der Waals surface area contributed by atoms with Gasteiger partial charge in [0.1, 0.15) is 11.2 Å². The number of benzene rings is 6. The third-order valence-electron chi connectivity index (χ3n) is 11.0. The molecule has 0 aromatic heterocycles. The zero-order chi connectivity index (χ0) is 39.6. The molecule has 6 aromatic carbocycles. The van der Waals surface area contributed by atoms with Crippen molar-refractivity contribution in [3.8, 4) is 33.4 Å². The van der Waals surface area contributed by atoms with Crippen molar-refractivity contribution >= 4 is 0 Å². The Hall–Kier alpha value is -5.00. The van der Waals surface area contributed by atoms with Crippen molar-refractivity contribution in [2.45, 2.75) is 11.2 Å². The molecule has 3 aliphatic heterocycles. The fraction of sp³-hybridized carbons (Fsp3) is 0.280. The lowest BCUT2D eigenvalue weighted by Crippen LogP contribution is -2.26. The number of hydrogen-bond acceptors (Lipinski definition) is 8. The second-order valence-electron chi connectivity index (χ2n) is 14.4. The highest BCUT2D eigenvalue weighted by Gasteiger charge is 2.44. The zero-order valence-electron chi connectivity index (χ0n) is 32.7. The fourth-order valence-electron chi connectivity index (χ4n) is 8.17. The third kappa shape index (κ3) is 8.16. The molecule has 11 rings (SSSR count). The van der Waals surface area contributed by atoms with Crippen LogP contribution < -0.4 is 0 Å². The summed E-state index contributed by atoms with van der Waals surface area (Å²) in [6.07, 6.45) is 0. The van der Waals surface area contributed by atoms with Crippen molar-refractivity contribution in [3.05, 3.63) is 179 Å². The lowest BCUT2D eigenvalue weighted by Gasteiger charge is -2.27. The molecule has 0 atom stereocenters. The molecule has 2 N–H and O–H groups in total. The maximum absolute atomic E-state index is 12.1. The van der Waals surface area contributed by atoms with Gasteiger partial charge in [-0.1, -0.05) is 146 Å². The Labute approximate surface area is 340 Å². The molecule has 6 aromatic rings. The molecule has 0 radical (unpaired) electrons. The topological polar surface area (TPSA) is 95.8 Å². The smallest absolute Gasteiger partial charge is 0.141 e. The van der Waals surface area contributed by atoms with E-state index in [1.54, 1.807) is 0 Å². The van der Waals surface area contributed by atoms with E-state index in [4.69, 9.17) is 28.4 Å². The van der Waals surface area contributed by atoms with E-state index in [1.807, 2.05) is 97.1 Å². The van der Waals surface area contributed by atoms with Gasteiger partial charge >= 0.3 is 0 Å². The van der Waals surface area contributed by atoms with Crippen LogP contribution in [0.15, 0.2) is 146 Å². The van der Waals surface area contributed by atoms with E-state index in [0.717, 1.165) is 146 Å².